The molecule has 0 spiro atoms. The number of likely N-dealkylation sites (tertiary alicyclic amines) is 1. The minimum Gasteiger partial charge on any atom is -0.375 e. The van der Waals surface area contributed by atoms with E-state index in [1.807, 2.05) is 35.2 Å². The number of ether oxygens (including phenoxy) is 1. The number of halogens is 1. The second kappa shape index (κ2) is 9.54. The van der Waals surface area contributed by atoms with Crippen LogP contribution in [0.1, 0.15) is 15.9 Å². The average Bonchev–Trinajstić information content (AvgIpc) is 2.71. The van der Waals surface area contributed by atoms with Crippen LogP contribution in [-0.4, -0.2) is 57.7 Å². The third kappa shape index (κ3) is 5.66. The molecule has 1 aliphatic heterocycles. The number of benzene rings is 2. The minimum absolute atomic E-state index is 0.0548. The smallest absolute Gasteiger partial charge is 0.269 e. The summed E-state index contributed by atoms with van der Waals surface area (Å²) in [4.78, 5) is 27.6. The normalized spacial score (nSPS) is 14.2. The first-order valence-electron chi connectivity index (χ1n) is 9.62. The van der Waals surface area contributed by atoms with Crippen molar-refractivity contribution in [2.75, 3.05) is 32.6 Å². The van der Waals surface area contributed by atoms with Gasteiger partial charge in [-0.05, 0) is 35.7 Å². The fourth-order valence-corrected chi connectivity index (χ4v) is 4.53. The number of hydrazine groups is 1. The highest BCUT2D eigenvalue weighted by atomic mass is 32.2. The van der Waals surface area contributed by atoms with Gasteiger partial charge in [0.1, 0.15) is 12.4 Å². The summed E-state index contributed by atoms with van der Waals surface area (Å²) in [5.74, 6) is -2.34. The number of rotatable bonds is 8. The molecule has 0 saturated carbocycles. The van der Waals surface area contributed by atoms with Crippen molar-refractivity contribution < 1.29 is 27.1 Å². The molecule has 1 fully saturated rings. The predicted octanol–water partition coefficient (Wildman–Crippen LogP) is 1.47. The molecule has 31 heavy (non-hydrogen) atoms. The van der Waals surface area contributed by atoms with Gasteiger partial charge in [0.05, 0.1) is 11.3 Å². The van der Waals surface area contributed by atoms with Gasteiger partial charge < -0.3 is 9.64 Å². The largest absolute Gasteiger partial charge is 0.375 e. The number of hydrogen-bond acceptors (Lipinski definition) is 5. The van der Waals surface area contributed by atoms with Gasteiger partial charge in [-0.15, -0.1) is 4.83 Å². The van der Waals surface area contributed by atoms with Crippen LogP contribution in [-0.2, 0) is 19.6 Å². The number of nitrogens with one attached hydrogen (secondary N) is 2. The highest BCUT2D eigenvalue weighted by Crippen LogP contribution is 2.24. The Morgan fingerprint density at radius 2 is 1.84 bits per heavy atom. The second-order valence-electron chi connectivity index (χ2n) is 7.46. The Balaban J connectivity index is 1.62. The summed E-state index contributed by atoms with van der Waals surface area (Å²) in [5, 5.41) is 0. The molecule has 2 aromatic carbocycles. The lowest BCUT2D eigenvalue weighted by atomic mass is 9.99. The molecule has 2 aromatic rings. The Morgan fingerprint density at radius 1 is 1.16 bits per heavy atom. The third-order valence-electron chi connectivity index (χ3n) is 4.96. The van der Waals surface area contributed by atoms with Gasteiger partial charge in [0.2, 0.25) is 15.9 Å². The zero-order valence-electron chi connectivity index (χ0n) is 17.2. The third-order valence-corrected chi connectivity index (χ3v) is 6.28. The summed E-state index contributed by atoms with van der Waals surface area (Å²) in [7, 11) is -2.46. The van der Waals surface area contributed by atoms with Gasteiger partial charge in [-0.3, -0.25) is 15.0 Å². The average molecular weight is 450 g/mol. The summed E-state index contributed by atoms with van der Waals surface area (Å²) in [6, 6.07) is 12.2. The highest BCUT2D eigenvalue weighted by Gasteiger charge is 2.34. The van der Waals surface area contributed by atoms with Crippen LogP contribution in [0, 0.1) is 18.7 Å². The number of amides is 2. The van der Waals surface area contributed by atoms with Gasteiger partial charge >= 0.3 is 0 Å². The van der Waals surface area contributed by atoms with E-state index >= 15 is 0 Å². The van der Waals surface area contributed by atoms with Gasteiger partial charge in [-0.1, -0.05) is 30.3 Å². The molecular formula is C21H24FN3O5S. The number of methoxy groups -OCH3 is 1. The lowest BCUT2D eigenvalue weighted by molar-refractivity contribution is -0.141. The molecule has 1 heterocycles. The summed E-state index contributed by atoms with van der Waals surface area (Å²) < 4.78 is 43.8. The van der Waals surface area contributed by atoms with Crippen molar-refractivity contribution in [3.63, 3.8) is 0 Å². The van der Waals surface area contributed by atoms with Crippen LogP contribution in [0.15, 0.2) is 42.5 Å². The van der Waals surface area contributed by atoms with Crippen molar-refractivity contribution in [3.8, 4) is 11.1 Å². The van der Waals surface area contributed by atoms with E-state index in [0.29, 0.717) is 18.7 Å². The summed E-state index contributed by atoms with van der Waals surface area (Å²) >= 11 is 0. The molecular weight excluding hydrogens is 425 g/mol. The zero-order chi connectivity index (χ0) is 22.6. The van der Waals surface area contributed by atoms with E-state index in [9.17, 15) is 22.4 Å². The first-order chi connectivity index (χ1) is 14.7. The van der Waals surface area contributed by atoms with Crippen molar-refractivity contribution in [1.82, 2.24) is 15.2 Å². The van der Waals surface area contributed by atoms with E-state index in [0.717, 1.165) is 5.56 Å². The van der Waals surface area contributed by atoms with Gasteiger partial charge in [-0.25, -0.2) is 12.8 Å². The van der Waals surface area contributed by atoms with Crippen molar-refractivity contribution >= 4 is 21.8 Å². The van der Waals surface area contributed by atoms with E-state index < -0.39 is 21.7 Å². The standard InChI is InChI=1S/C21H24FN3O5S/c1-14-8-17(16-6-4-3-5-7-16)9-18(20(14)22)21(27)23-24-31(28,29)13-15-10-25(11-15)19(26)12-30-2/h3-9,15,24H,10-13H2,1-2H3,(H,23,27). The molecule has 10 heteroatoms. The quantitative estimate of drug-likeness (QED) is 0.594. The molecule has 3 rings (SSSR count). The SMILES string of the molecule is COCC(=O)N1CC(CS(=O)(=O)NNC(=O)c2cc(-c3ccccc3)cc(C)c2F)C1. The summed E-state index contributed by atoms with van der Waals surface area (Å²) in [6.07, 6.45) is 0. The van der Waals surface area contributed by atoms with Gasteiger partial charge in [-0.2, -0.15) is 0 Å². The van der Waals surface area contributed by atoms with Gasteiger partial charge in [0, 0.05) is 26.1 Å². The van der Waals surface area contributed by atoms with Crippen LogP contribution >= 0.6 is 0 Å². The maximum atomic E-state index is 14.5. The summed E-state index contributed by atoms with van der Waals surface area (Å²) in [5.41, 5.74) is 3.53. The number of carbonyl (C=O) groups excluding carboxylic acids is 2. The first-order valence-corrected chi connectivity index (χ1v) is 11.3. The second-order valence-corrected chi connectivity index (χ2v) is 9.22. The molecule has 2 N–H and O–H groups in total. The molecule has 0 bridgehead atoms. The highest BCUT2D eigenvalue weighted by molar-refractivity contribution is 7.89. The topological polar surface area (TPSA) is 105 Å². The number of hydrogen-bond donors (Lipinski definition) is 2. The fraction of sp³-hybridized carbons (Fsp3) is 0.333. The molecule has 1 saturated heterocycles. The van der Waals surface area contributed by atoms with Crippen LogP contribution in [0.4, 0.5) is 4.39 Å². The number of sulfonamides is 1. The Bertz CT molecular complexity index is 1070. The van der Waals surface area contributed by atoms with Crippen LogP contribution in [0.2, 0.25) is 0 Å². The zero-order valence-corrected chi connectivity index (χ0v) is 18.0. The first kappa shape index (κ1) is 22.9. The molecule has 0 radical (unpaired) electrons. The molecule has 1 aliphatic rings. The number of aryl methyl sites for hydroxylation is 1. The maximum absolute atomic E-state index is 14.5. The van der Waals surface area contributed by atoms with E-state index in [1.54, 1.807) is 6.07 Å². The lowest BCUT2D eigenvalue weighted by Gasteiger charge is -2.38. The molecule has 166 valence electrons. The Labute approximate surface area is 180 Å². The molecule has 8 nitrogen and oxygen atoms in total. The van der Waals surface area contributed by atoms with Crippen LogP contribution < -0.4 is 10.3 Å². The van der Waals surface area contributed by atoms with Crippen molar-refractivity contribution in [1.29, 1.82) is 0 Å². The lowest BCUT2D eigenvalue weighted by Crippen LogP contribution is -2.55. The van der Waals surface area contributed by atoms with Crippen molar-refractivity contribution in [2.45, 2.75) is 6.92 Å². The monoisotopic (exact) mass is 449 g/mol. The van der Waals surface area contributed by atoms with Gasteiger partial charge in [0.25, 0.3) is 5.91 Å². The molecule has 2 amide bonds. The minimum atomic E-state index is -3.87. The Hall–Kier alpha value is -2.82. The Morgan fingerprint density at radius 3 is 2.48 bits per heavy atom. The van der Waals surface area contributed by atoms with Crippen LogP contribution in [0.3, 0.4) is 0 Å². The van der Waals surface area contributed by atoms with E-state index in [-0.39, 0.29) is 35.3 Å². The van der Waals surface area contributed by atoms with Crippen LogP contribution in [0.25, 0.3) is 11.1 Å². The van der Waals surface area contributed by atoms with Crippen LogP contribution in [0.5, 0.6) is 0 Å². The Kier molecular flexibility index (Phi) is 7.04. The van der Waals surface area contributed by atoms with E-state index in [4.69, 9.17) is 4.74 Å². The fourth-order valence-electron chi connectivity index (χ4n) is 3.37. The molecule has 0 unspecified atom stereocenters. The van der Waals surface area contributed by atoms with E-state index in [2.05, 4.69) is 5.43 Å². The molecule has 0 aliphatic carbocycles. The summed E-state index contributed by atoms with van der Waals surface area (Å²) in [6.45, 7) is 2.07. The van der Waals surface area contributed by atoms with Crippen molar-refractivity contribution in [3.05, 3.63) is 59.4 Å². The van der Waals surface area contributed by atoms with E-state index in [1.165, 1.54) is 25.0 Å². The maximum Gasteiger partial charge on any atom is 0.269 e. The number of carbonyl (C=O) groups is 2. The van der Waals surface area contributed by atoms with Gasteiger partial charge in [0.15, 0.2) is 0 Å². The molecule has 0 aromatic heterocycles. The van der Waals surface area contributed by atoms with Crippen molar-refractivity contribution in [2.24, 2.45) is 5.92 Å². The number of nitrogens with zero attached hydrogens (tertiary/aromatic N) is 1. The predicted molar refractivity (Wildman–Crippen MR) is 113 cm³/mol. The molecule has 0 atom stereocenters.